The van der Waals surface area contributed by atoms with Gasteiger partial charge in [-0.3, -0.25) is 23.5 Å². The summed E-state index contributed by atoms with van der Waals surface area (Å²) >= 11 is 11.9. The lowest BCUT2D eigenvalue weighted by Crippen LogP contribution is -2.43. The first-order valence-corrected chi connectivity index (χ1v) is 10.2. The molecule has 0 atom stereocenters. The maximum Gasteiger partial charge on any atom is 0.332 e. The predicted octanol–water partition coefficient (Wildman–Crippen LogP) is 2.45. The molecule has 3 rings (SSSR count). The molecule has 0 aliphatic heterocycles. The summed E-state index contributed by atoms with van der Waals surface area (Å²) in [6.45, 7) is -0.651. The Balaban J connectivity index is 1.80. The Labute approximate surface area is 192 Å². The zero-order chi connectivity index (χ0) is 23.4. The molecule has 8 nitrogen and oxygen atoms in total. The number of benzene rings is 2. The molecule has 0 amide bonds. The molecule has 0 aliphatic rings. The summed E-state index contributed by atoms with van der Waals surface area (Å²) in [6.07, 6.45) is -0.190. The van der Waals surface area contributed by atoms with Gasteiger partial charge >= 0.3 is 11.7 Å². The molecule has 0 aliphatic carbocycles. The van der Waals surface area contributed by atoms with E-state index in [0.717, 1.165) is 14.7 Å². The Hall–Kier alpha value is -3.36. The molecule has 0 bridgehead atoms. The molecule has 166 valence electrons. The fourth-order valence-corrected chi connectivity index (χ4v) is 3.53. The van der Waals surface area contributed by atoms with E-state index in [4.69, 9.17) is 33.7 Å². The number of nitrogens with two attached hydrogens (primary N) is 1. The largest absolute Gasteiger partial charge is 0.457 e. The van der Waals surface area contributed by atoms with Crippen LogP contribution in [0.3, 0.4) is 0 Å². The van der Waals surface area contributed by atoms with E-state index >= 15 is 0 Å². The molecule has 10 heteroatoms. The van der Waals surface area contributed by atoms with Crippen LogP contribution in [0.15, 0.2) is 58.1 Å². The molecular weight excluding hydrogens is 457 g/mol. The second-order valence-electron chi connectivity index (χ2n) is 6.98. The Bertz CT molecular complexity index is 1300. The van der Waals surface area contributed by atoms with Crippen LogP contribution in [-0.4, -0.2) is 27.5 Å². The van der Waals surface area contributed by atoms with Crippen molar-refractivity contribution in [2.45, 2.75) is 13.0 Å². The quantitative estimate of drug-likeness (QED) is 0.414. The molecular formula is C22H19Cl2N3O5. The lowest BCUT2D eigenvalue weighted by molar-refractivity contribution is -0.141. The first-order valence-electron chi connectivity index (χ1n) is 9.45. The van der Waals surface area contributed by atoms with Crippen molar-refractivity contribution in [2.75, 3.05) is 12.3 Å². The van der Waals surface area contributed by atoms with Crippen LogP contribution in [0.2, 0.25) is 10.0 Å². The summed E-state index contributed by atoms with van der Waals surface area (Å²) in [5, 5.41) is 0.700. The third-order valence-electron chi connectivity index (χ3n) is 4.76. The van der Waals surface area contributed by atoms with Crippen molar-refractivity contribution in [1.29, 1.82) is 0 Å². The van der Waals surface area contributed by atoms with Gasteiger partial charge in [-0.15, -0.1) is 0 Å². The number of hydrogen-bond acceptors (Lipinski definition) is 6. The fraction of sp³-hybridized carbons (Fsp3) is 0.182. The van der Waals surface area contributed by atoms with Crippen molar-refractivity contribution in [1.82, 2.24) is 9.13 Å². The molecule has 3 aromatic rings. The van der Waals surface area contributed by atoms with Crippen LogP contribution in [0, 0.1) is 0 Å². The van der Waals surface area contributed by atoms with Crippen molar-refractivity contribution >= 4 is 40.8 Å². The molecule has 0 saturated carbocycles. The monoisotopic (exact) mass is 475 g/mol. The Morgan fingerprint density at radius 2 is 1.75 bits per heavy atom. The minimum Gasteiger partial charge on any atom is -0.457 e. The Morgan fingerprint density at radius 1 is 1.06 bits per heavy atom. The second kappa shape index (κ2) is 9.84. The van der Waals surface area contributed by atoms with Crippen LogP contribution in [0.5, 0.6) is 0 Å². The van der Waals surface area contributed by atoms with Gasteiger partial charge in [0.25, 0.3) is 5.56 Å². The molecule has 32 heavy (non-hydrogen) atoms. The molecule has 0 unspecified atom stereocenters. The van der Waals surface area contributed by atoms with Gasteiger partial charge in [0.1, 0.15) is 11.4 Å². The summed E-state index contributed by atoms with van der Waals surface area (Å²) < 4.78 is 6.93. The van der Waals surface area contributed by atoms with Gasteiger partial charge in [-0.2, -0.15) is 0 Å². The first-order chi connectivity index (χ1) is 15.2. The predicted molar refractivity (Wildman–Crippen MR) is 121 cm³/mol. The van der Waals surface area contributed by atoms with Gasteiger partial charge in [0.15, 0.2) is 6.61 Å². The van der Waals surface area contributed by atoms with Crippen LogP contribution in [0.25, 0.3) is 0 Å². The van der Waals surface area contributed by atoms with Crippen LogP contribution in [-0.2, 0) is 29.5 Å². The molecule has 2 aromatic carbocycles. The Kier molecular flexibility index (Phi) is 7.17. The molecule has 0 radical (unpaired) electrons. The standard InChI is InChI=1S/C22H19Cl2N3O5/c1-26-21(30)19(20(25)27(22(26)31)11-13-5-3-2-4-6-13)17(28)12-32-18(29)9-14-7-8-15(23)10-16(14)24/h2-8,10H,9,11-12,25H2,1H3. The number of halogens is 2. The van der Waals surface area contributed by atoms with Gasteiger partial charge in [0, 0.05) is 17.1 Å². The second-order valence-corrected chi connectivity index (χ2v) is 7.82. The number of carbonyl (C=O) groups is 2. The average molecular weight is 476 g/mol. The molecule has 0 saturated heterocycles. The summed E-state index contributed by atoms with van der Waals surface area (Å²) in [6, 6.07) is 13.6. The molecule has 1 heterocycles. The van der Waals surface area contributed by atoms with E-state index in [0.29, 0.717) is 10.6 Å². The van der Waals surface area contributed by atoms with Gasteiger partial charge in [-0.05, 0) is 23.3 Å². The van der Waals surface area contributed by atoms with E-state index in [9.17, 15) is 19.2 Å². The lowest BCUT2D eigenvalue weighted by Gasteiger charge is -2.15. The minimum atomic E-state index is -0.862. The smallest absolute Gasteiger partial charge is 0.332 e. The maximum atomic E-state index is 12.7. The molecule has 0 fully saturated rings. The van der Waals surface area contributed by atoms with E-state index in [2.05, 4.69) is 0 Å². The van der Waals surface area contributed by atoms with Crippen molar-refractivity contribution in [2.24, 2.45) is 7.05 Å². The number of ketones is 1. The third kappa shape index (κ3) is 5.09. The number of carbonyl (C=O) groups excluding carboxylic acids is 2. The van der Waals surface area contributed by atoms with Crippen molar-refractivity contribution in [3.8, 4) is 0 Å². The van der Waals surface area contributed by atoms with Crippen molar-refractivity contribution in [3.05, 3.63) is 96.1 Å². The van der Waals surface area contributed by atoms with Gasteiger partial charge < -0.3 is 10.5 Å². The van der Waals surface area contributed by atoms with Gasteiger partial charge in [0.05, 0.1) is 13.0 Å². The van der Waals surface area contributed by atoms with E-state index in [1.807, 2.05) is 6.07 Å². The zero-order valence-corrected chi connectivity index (χ0v) is 18.5. The van der Waals surface area contributed by atoms with E-state index in [1.165, 1.54) is 13.1 Å². The van der Waals surface area contributed by atoms with Crippen LogP contribution in [0.1, 0.15) is 21.5 Å². The normalized spacial score (nSPS) is 10.7. The van der Waals surface area contributed by atoms with E-state index < -0.39 is 35.2 Å². The highest BCUT2D eigenvalue weighted by Gasteiger charge is 2.23. The Morgan fingerprint density at radius 3 is 2.41 bits per heavy atom. The number of esters is 1. The van der Waals surface area contributed by atoms with Gasteiger partial charge in [0.2, 0.25) is 5.78 Å². The highest BCUT2D eigenvalue weighted by atomic mass is 35.5. The average Bonchev–Trinajstić information content (AvgIpc) is 2.76. The van der Waals surface area contributed by atoms with Gasteiger partial charge in [-0.1, -0.05) is 59.6 Å². The van der Waals surface area contributed by atoms with E-state index in [1.54, 1.807) is 36.4 Å². The topological polar surface area (TPSA) is 113 Å². The van der Waals surface area contributed by atoms with Crippen molar-refractivity contribution < 1.29 is 14.3 Å². The third-order valence-corrected chi connectivity index (χ3v) is 5.35. The number of rotatable bonds is 7. The summed E-state index contributed by atoms with van der Waals surface area (Å²) in [5.74, 6) is -1.83. The highest BCUT2D eigenvalue weighted by Crippen LogP contribution is 2.21. The number of ether oxygens (including phenoxy) is 1. The fourth-order valence-electron chi connectivity index (χ4n) is 3.05. The lowest BCUT2D eigenvalue weighted by atomic mass is 10.1. The number of anilines is 1. The van der Waals surface area contributed by atoms with E-state index in [-0.39, 0.29) is 23.8 Å². The first kappa shape index (κ1) is 23.3. The SMILES string of the molecule is Cn1c(=O)c(C(=O)COC(=O)Cc2ccc(Cl)cc2Cl)c(N)n(Cc2ccccc2)c1=O. The molecule has 2 N–H and O–H groups in total. The summed E-state index contributed by atoms with van der Waals surface area (Å²) in [7, 11) is 1.25. The number of Topliss-reactive ketones (excluding diaryl/α,β-unsaturated/α-hetero) is 1. The summed E-state index contributed by atoms with van der Waals surface area (Å²) in [5.41, 5.74) is 5.31. The van der Waals surface area contributed by atoms with Crippen LogP contribution >= 0.6 is 23.2 Å². The molecule has 0 spiro atoms. The minimum absolute atomic E-state index is 0.0642. The van der Waals surface area contributed by atoms with Gasteiger partial charge in [-0.25, -0.2) is 4.79 Å². The van der Waals surface area contributed by atoms with Crippen LogP contribution in [0.4, 0.5) is 5.82 Å². The number of aromatic nitrogens is 2. The summed E-state index contributed by atoms with van der Waals surface area (Å²) in [4.78, 5) is 49.9. The number of hydrogen-bond donors (Lipinski definition) is 1. The van der Waals surface area contributed by atoms with Crippen molar-refractivity contribution in [3.63, 3.8) is 0 Å². The number of nitrogens with zero attached hydrogens (tertiary/aromatic N) is 2. The highest BCUT2D eigenvalue weighted by molar-refractivity contribution is 6.35. The number of nitrogen functional groups attached to an aromatic ring is 1. The molecule has 1 aromatic heterocycles. The maximum absolute atomic E-state index is 12.7. The zero-order valence-electron chi connectivity index (χ0n) is 17.0. The van der Waals surface area contributed by atoms with Crippen LogP contribution < -0.4 is 17.0 Å².